The maximum absolute atomic E-state index is 14.1. The third-order valence-electron chi connectivity index (χ3n) is 5.57. The number of carbonyl (C=O) groups excluding carboxylic acids is 2. The fraction of sp³-hybridized carbons (Fsp3) is 0.222. The Hall–Kier alpha value is -3.71. The molecule has 4 aromatic rings. The summed E-state index contributed by atoms with van der Waals surface area (Å²) in [5, 5.41) is 3.76. The van der Waals surface area contributed by atoms with E-state index in [2.05, 4.69) is 10.3 Å². The molecule has 2 aromatic heterocycles. The molecule has 7 heteroatoms. The Kier molecular flexibility index (Phi) is 6.93. The normalized spacial score (nSPS) is 11.8. The first-order valence-electron chi connectivity index (χ1n) is 11.0. The molecule has 34 heavy (non-hydrogen) atoms. The predicted molar refractivity (Wildman–Crippen MR) is 134 cm³/mol. The highest BCUT2D eigenvalue weighted by atomic mass is 32.1. The molecule has 0 spiro atoms. The van der Waals surface area contributed by atoms with Gasteiger partial charge in [0, 0.05) is 5.69 Å². The first-order chi connectivity index (χ1) is 16.3. The lowest BCUT2D eigenvalue weighted by atomic mass is 10.0. The van der Waals surface area contributed by atoms with E-state index in [1.807, 2.05) is 76.2 Å². The van der Waals surface area contributed by atoms with Gasteiger partial charge in [-0.3, -0.25) is 14.5 Å². The Morgan fingerprint density at radius 2 is 1.79 bits per heavy atom. The lowest BCUT2D eigenvalue weighted by molar-refractivity contribution is -0.122. The van der Waals surface area contributed by atoms with Crippen LogP contribution in [0.25, 0.3) is 0 Å². The molecule has 6 nitrogen and oxygen atoms in total. The predicted octanol–water partition coefficient (Wildman–Crippen LogP) is 5.67. The molecule has 4 rings (SSSR count). The zero-order valence-electron chi connectivity index (χ0n) is 19.7. The van der Waals surface area contributed by atoms with Gasteiger partial charge < -0.3 is 9.73 Å². The van der Waals surface area contributed by atoms with E-state index in [1.54, 1.807) is 23.3 Å². The molecule has 0 bridgehead atoms. The number of anilines is 1. The Labute approximate surface area is 203 Å². The van der Waals surface area contributed by atoms with Crippen molar-refractivity contribution in [2.45, 2.75) is 40.3 Å². The summed E-state index contributed by atoms with van der Waals surface area (Å²) < 4.78 is 5.38. The van der Waals surface area contributed by atoms with Crippen molar-refractivity contribution in [2.75, 3.05) is 4.90 Å². The first kappa shape index (κ1) is 23.4. The van der Waals surface area contributed by atoms with Crippen LogP contribution in [0.3, 0.4) is 0 Å². The molecule has 0 saturated carbocycles. The van der Waals surface area contributed by atoms with E-state index in [4.69, 9.17) is 4.42 Å². The molecular weight excluding hydrogens is 446 g/mol. The van der Waals surface area contributed by atoms with E-state index < -0.39 is 6.04 Å². The van der Waals surface area contributed by atoms with Gasteiger partial charge in [0.25, 0.3) is 5.91 Å². The van der Waals surface area contributed by atoms with Crippen LogP contribution in [0.15, 0.2) is 71.3 Å². The van der Waals surface area contributed by atoms with Crippen LogP contribution in [0, 0.1) is 27.7 Å². The lowest BCUT2D eigenvalue weighted by Crippen LogP contribution is -2.44. The summed E-state index contributed by atoms with van der Waals surface area (Å²) in [6.45, 7) is 7.88. The molecule has 0 aliphatic rings. The van der Waals surface area contributed by atoms with Crippen molar-refractivity contribution < 1.29 is 14.0 Å². The second-order valence-electron chi connectivity index (χ2n) is 8.22. The highest BCUT2D eigenvalue weighted by Gasteiger charge is 2.35. The molecule has 2 amide bonds. The van der Waals surface area contributed by atoms with Crippen LogP contribution < -0.4 is 10.2 Å². The number of hydrogen-bond donors (Lipinski definition) is 1. The minimum atomic E-state index is -0.883. The molecule has 0 fully saturated rings. The molecular formula is C27H27N3O3S. The number of aromatic nitrogens is 1. The summed E-state index contributed by atoms with van der Waals surface area (Å²) >= 11 is 1.34. The lowest BCUT2D eigenvalue weighted by Gasteiger charge is -2.32. The molecule has 2 heterocycles. The molecule has 1 atom stereocenters. The topological polar surface area (TPSA) is 75.4 Å². The fourth-order valence-electron chi connectivity index (χ4n) is 4.02. The summed E-state index contributed by atoms with van der Waals surface area (Å²) in [7, 11) is 0. The highest BCUT2D eigenvalue weighted by molar-refractivity contribution is 7.13. The van der Waals surface area contributed by atoms with E-state index in [9.17, 15) is 9.59 Å². The third-order valence-corrected chi connectivity index (χ3v) is 6.63. The molecule has 0 saturated heterocycles. The van der Waals surface area contributed by atoms with Gasteiger partial charge in [-0.1, -0.05) is 48.0 Å². The van der Waals surface area contributed by atoms with Crippen molar-refractivity contribution in [3.8, 4) is 0 Å². The second kappa shape index (κ2) is 10.1. The van der Waals surface area contributed by atoms with Crippen LogP contribution in [-0.4, -0.2) is 16.8 Å². The molecule has 0 aliphatic heterocycles. The Morgan fingerprint density at radius 3 is 2.41 bits per heavy atom. The molecule has 0 radical (unpaired) electrons. The van der Waals surface area contributed by atoms with Crippen molar-refractivity contribution in [1.29, 1.82) is 0 Å². The number of aryl methyl sites for hydroxylation is 4. The summed E-state index contributed by atoms with van der Waals surface area (Å²) in [4.78, 5) is 34.3. The van der Waals surface area contributed by atoms with Gasteiger partial charge in [-0.25, -0.2) is 4.98 Å². The van der Waals surface area contributed by atoms with Gasteiger partial charge in [0.1, 0.15) is 16.7 Å². The average Bonchev–Trinajstić information content (AvgIpc) is 3.45. The van der Waals surface area contributed by atoms with Crippen molar-refractivity contribution in [1.82, 2.24) is 10.3 Å². The Balaban J connectivity index is 1.84. The van der Waals surface area contributed by atoms with Gasteiger partial charge in [-0.05, 0) is 57.0 Å². The monoisotopic (exact) mass is 473 g/mol. The van der Waals surface area contributed by atoms with Crippen LogP contribution in [0.5, 0.6) is 0 Å². The molecule has 0 aliphatic carbocycles. The largest absolute Gasteiger partial charge is 0.467 e. The number of hydrogen-bond acceptors (Lipinski definition) is 5. The van der Waals surface area contributed by atoms with Gasteiger partial charge in [-0.15, -0.1) is 11.3 Å². The number of nitrogens with zero attached hydrogens (tertiary/aromatic N) is 2. The Morgan fingerprint density at radius 1 is 1.03 bits per heavy atom. The number of nitrogens with one attached hydrogen (secondary N) is 1. The van der Waals surface area contributed by atoms with Crippen LogP contribution >= 0.6 is 11.3 Å². The van der Waals surface area contributed by atoms with Crippen LogP contribution in [0.1, 0.15) is 48.9 Å². The standard InChI is InChI=1S/C27H27N3O3S/c1-17-12-13-23(18(2)15-17)30(27(32)25-19(3)29-20(4)34-25)24(21-9-6-5-7-10-21)26(31)28-16-22-11-8-14-33-22/h5-15,24H,16H2,1-4H3,(H,28,31)/t24-/m0/s1. The van der Waals surface area contributed by atoms with Gasteiger partial charge >= 0.3 is 0 Å². The van der Waals surface area contributed by atoms with Crippen LogP contribution in [0.2, 0.25) is 0 Å². The SMILES string of the molecule is Cc1ccc(N(C(=O)c2sc(C)nc2C)[C@H](C(=O)NCc2ccco2)c2ccccc2)c(C)c1. The van der Waals surface area contributed by atoms with Crippen LogP contribution in [-0.2, 0) is 11.3 Å². The van der Waals surface area contributed by atoms with E-state index in [0.717, 1.165) is 16.1 Å². The number of benzene rings is 2. The third kappa shape index (κ3) is 4.94. The average molecular weight is 474 g/mol. The second-order valence-corrected chi connectivity index (χ2v) is 9.43. The smallest absolute Gasteiger partial charge is 0.271 e. The van der Waals surface area contributed by atoms with E-state index in [-0.39, 0.29) is 18.4 Å². The Bertz CT molecular complexity index is 1300. The number of thiazole rings is 1. The number of carbonyl (C=O) groups is 2. The van der Waals surface area contributed by atoms with Gasteiger partial charge in [0.15, 0.2) is 0 Å². The zero-order chi connectivity index (χ0) is 24.2. The van der Waals surface area contributed by atoms with Gasteiger partial charge in [0.05, 0.1) is 23.5 Å². The summed E-state index contributed by atoms with van der Waals surface area (Å²) in [5.74, 6) is 0.0883. The molecule has 1 N–H and O–H groups in total. The summed E-state index contributed by atoms with van der Waals surface area (Å²) in [6, 6.07) is 17.9. The number of amides is 2. The van der Waals surface area contributed by atoms with Crippen molar-refractivity contribution in [2.24, 2.45) is 0 Å². The fourth-order valence-corrected chi connectivity index (χ4v) is 4.87. The quantitative estimate of drug-likeness (QED) is 0.375. The first-order valence-corrected chi connectivity index (χ1v) is 11.9. The molecule has 174 valence electrons. The van der Waals surface area contributed by atoms with Gasteiger partial charge in [-0.2, -0.15) is 0 Å². The molecule has 0 unspecified atom stereocenters. The minimum absolute atomic E-state index is 0.225. The maximum atomic E-state index is 14.1. The van der Waals surface area contributed by atoms with Crippen molar-refractivity contribution in [3.05, 3.63) is 105 Å². The zero-order valence-corrected chi connectivity index (χ0v) is 20.5. The molecule has 2 aromatic carbocycles. The van der Waals surface area contributed by atoms with Crippen molar-refractivity contribution >= 4 is 28.8 Å². The van der Waals surface area contributed by atoms with Gasteiger partial charge in [0.2, 0.25) is 5.91 Å². The van der Waals surface area contributed by atoms with Crippen LogP contribution in [0.4, 0.5) is 5.69 Å². The number of rotatable bonds is 7. The minimum Gasteiger partial charge on any atom is -0.467 e. The van der Waals surface area contributed by atoms with Crippen molar-refractivity contribution in [3.63, 3.8) is 0 Å². The van der Waals surface area contributed by atoms with E-state index in [1.165, 1.54) is 11.3 Å². The summed E-state index contributed by atoms with van der Waals surface area (Å²) in [5.41, 5.74) is 4.05. The van der Waals surface area contributed by atoms with E-state index in [0.29, 0.717) is 27.6 Å². The maximum Gasteiger partial charge on any atom is 0.271 e. The highest BCUT2D eigenvalue weighted by Crippen LogP contribution is 2.34. The summed E-state index contributed by atoms with van der Waals surface area (Å²) in [6.07, 6.45) is 1.57. The van der Waals surface area contributed by atoms with E-state index >= 15 is 0 Å². The number of furan rings is 1.